The second kappa shape index (κ2) is 6.01. The van der Waals surface area contributed by atoms with E-state index in [0.29, 0.717) is 5.02 Å². The summed E-state index contributed by atoms with van der Waals surface area (Å²) in [6.45, 7) is 0. The molecule has 96 valence electrons. The van der Waals surface area contributed by atoms with Gasteiger partial charge in [0.1, 0.15) is 5.82 Å². The summed E-state index contributed by atoms with van der Waals surface area (Å²) in [7, 11) is 1.86. The van der Waals surface area contributed by atoms with E-state index in [0.717, 1.165) is 18.7 Å². The molecule has 0 bridgehead atoms. The van der Waals surface area contributed by atoms with Gasteiger partial charge in [-0.1, -0.05) is 33.6 Å². The smallest absolute Gasteiger partial charge is 0.124 e. The molecular weight excluding hydrogens is 404 g/mol. The molecule has 0 spiro atoms. The van der Waals surface area contributed by atoms with Crippen LogP contribution < -0.4 is 5.32 Å². The van der Waals surface area contributed by atoms with Crippen LogP contribution in [0.1, 0.15) is 16.5 Å². The van der Waals surface area contributed by atoms with E-state index in [9.17, 15) is 4.39 Å². The molecule has 0 radical (unpaired) electrons. The molecule has 18 heavy (non-hydrogen) atoms. The van der Waals surface area contributed by atoms with Gasteiger partial charge in [0, 0.05) is 9.35 Å². The Kier molecular flexibility index (Phi) is 4.83. The third kappa shape index (κ3) is 2.96. The summed E-state index contributed by atoms with van der Waals surface area (Å²) in [5.41, 5.74) is 0.976. The number of hydrogen-bond acceptors (Lipinski definition) is 2. The molecule has 0 aliphatic heterocycles. The van der Waals surface area contributed by atoms with Gasteiger partial charge in [-0.15, -0.1) is 11.3 Å². The monoisotopic (exact) mass is 411 g/mol. The van der Waals surface area contributed by atoms with E-state index in [2.05, 4.69) is 37.2 Å². The maximum Gasteiger partial charge on any atom is 0.124 e. The lowest BCUT2D eigenvalue weighted by molar-refractivity contribution is 0.622. The molecule has 6 heteroatoms. The van der Waals surface area contributed by atoms with Gasteiger partial charge in [0.25, 0.3) is 0 Å². The van der Waals surface area contributed by atoms with E-state index in [1.54, 1.807) is 17.4 Å². The molecule has 1 aromatic carbocycles. The molecule has 0 amide bonds. The topological polar surface area (TPSA) is 12.0 Å². The Balaban J connectivity index is 2.45. The van der Waals surface area contributed by atoms with Crippen LogP contribution in [0.4, 0.5) is 4.39 Å². The Hall–Kier alpha value is 0.0600. The number of hydrogen-bond donors (Lipinski definition) is 1. The van der Waals surface area contributed by atoms with Crippen LogP contribution in [0.5, 0.6) is 0 Å². The quantitative estimate of drug-likeness (QED) is 0.713. The van der Waals surface area contributed by atoms with E-state index in [4.69, 9.17) is 11.6 Å². The minimum atomic E-state index is -0.258. The lowest BCUT2D eigenvalue weighted by Crippen LogP contribution is -2.17. The number of thiophene rings is 1. The zero-order valence-corrected chi connectivity index (χ0v) is 14.1. The molecule has 1 aromatic heterocycles. The molecule has 1 atom stereocenters. The average molecular weight is 414 g/mol. The summed E-state index contributed by atoms with van der Waals surface area (Å²) in [6, 6.07) is 6.57. The van der Waals surface area contributed by atoms with Gasteiger partial charge in [-0.25, -0.2) is 4.39 Å². The maximum atomic E-state index is 13.1. The Morgan fingerprint density at radius 3 is 2.56 bits per heavy atom. The van der Waals surface area contributed by atoms with Crippen LogP contribution in [0.15, 0.2) is 32.5 Å². The highest BCUT2D eigenvalue weighted by Gasteiger charge is 2.18. The number of benzene rings is 1. The van der Waals surface area contributed by atoms with E-state index < -0.39 is 0 Å². The first-order chi connectivity index (χ1) is 8.52. The number of nitrogens with one attached hydrogen (secondary N) is 1. The van der Waals surface area contributed by atoms with Crippen LogP contribution in [-0.4, -0.2) is 7.05 Å². The highest BCUT2D eigenvalue weighted by Crippen LogP contribution is 2.38. The third-order valence-electron chi connectivity index (χ3n) is 2.51. The summed E-state index contributed by atoms with van der Waals surface area (Å²) in [6.07, 6.45) is 0. The highest BCUT2D eigenvalue weighted by molar-refractivity contribution is 9.11. The van der Waals surface area contributed by atoms with E-state index in [-0.39, 0.29) is 11.9 Å². The molecule has 0 fully saturated rings. The number of halogens is 4. The molecule has 1 nitrogen and oxygen atoms in total. The Labute approximate surface area is 131 Å². The Bertz CT molecular complexity index is 554. The molecule has 0 saturated heterocycles. The van der Waals surface area contributed by atoms with Gasteiger partial charge in [0.05, 0.1) is 14.9 Å². The van der Waals surface area contributed by atoms with Crippen molar-refractivity contribution in [1.82, 2.24) is 5.32 Å². The minimum Gasteiger partial charge on any atom is -0.309 e. The standard InChI is InChI=1S/C12H9Br2ClFNS/c1-17-11(10-5-9(15)12(14)18-10)7-3-2-6(16)4-8(7)13/h2-5,11,17H,1H3. The molecule has 1 heterocycles. The third-order valence-corrected chi connectivity index (χ3v) is 5.74. The van der Waals surface area contributed by atoms with Gasteiger partial charge in [-0.2, -0.15) is 0 Å². The summed E-state index contributed by atoms with van der Waals surface area (Å²) in [4.78, 5) is 1.07. The van der Waals surface area contributed by atoms with E-state index in [1.165, 1.54) is 12.1 Å². The normalized spacial score (nSPS) is 12.7. The fourth-order valence-corrected chi connectivity index (χ4v) is 4.15. The van der Waals surface area contributed by atoms with Crippen LogP contribution in [-0.2, 0) is 0 Å². The molecule has 0 aliphatic carbocycles. The molecular formula is C12H9Br2ClFNS. The lowest BCUT2D eigenvalue weighted by Gasteiger charge is -2.16. The maximum absolute atomic E-state index is 13.1. The van der Waals surface area contributed by atoms with Crippen molar-refractivity contribution >= 4 is 54.8 Å². The van der Waals surface area contributed by atoms with Crippen molar-refractivity contribution in [3.05, 3.63) is 53.8 Å². The van der Waals surface area contributed by atoms with Gasteiger partial charge < -0.3 is 5.32 Å². The zero-order chi connectivity index (χ0) is 13.3. The van der Waals surface area contributed by atoms with Gasteiger partial charge in [0.15, 0.2) is 0 Å². The van der Waals surface area contributed by atoms with Crippen LogP contribution >= 0.6 is 54.8 Å². The number of rotatable bonds is 3. The summed E-state index contributed by atoms with van der Waals surface area (Å²) in [5.74, 6) is -0.258. The van der Waals surface area contributed by atoms with Gasteiger partial charge >= 0.3 is 0 Å². The minimum absolute atomic E-state index is 0.0197. The van der Waals surface area contributed by atoms with Crippen molar-refractivity contribution < 1.29 is 4.39 Å². The first kappa shape index (κ1) is 14.5. The lowest BCUT2D eigenvalue weighted by atomic mass is 10.1. The second-order valence-corrected chi connectivity index (χ2v) is 7.32. The molecule has 2 rings (SSSR count). The zero-order valence-electron chi connectivity index (χ0n) is 9.31. The predicted molar refractivity (Wildman–Crippen MR) is 82.0 cm³/mol. The molecule has 0 aliphatic rings. The van der Waals surface area contributed by atoms with Gasteiger partial charge in [0.2, 0.25) is 0 Å². The summed E-state index contributed by atoms with van der Waals surface area (Å²) in [5, 5.41) is 3.90. The fourth-order valence-electron chi connectivity index (χ4n) is 1.69. The van der Waals surface area contributed by atoms with E-state index >= 15 is 0 Å². The molecule has 0 saturated carbocycles. The molecule has 2 aromatic rings. The first-order valence-electron chi connectivity index (χ1n) is 5.10. The van der Waals surface area contributed by atoms with Gasteiger partial charge in [-0.05, 0) is 46.7 Å². The van der Waals surface area contributed by atoms with Gasteiger partial charge in [-0.3, -0.25) is 0 Å². The van der Waals surface area contributed by atoms with Crippen LogP contribution in [0, 0.1) is 5.82 Å². The van der Waals surface area contributed by atoms with E-state index in [1.807, 2.05) is 13.1 Å². The van der Waals surface area contributed by atoms with Crippen molar-refractivity contribution in [2.24, 2.45) is 0 Å². The SMILES string of the molecule is CNC(c1cc(Cl)c(Br)s1)c1ccc(F)cc1Br. The largest absolute Gasteiger partial charge is 0.309 e. The predicted octanol–water partition coefficient (Wildman–Crippen LogP) is 5.37. The second-order valence-electron chi connectivity index (χ2n) is 3.66. The van der Waals surface area contributed by atoms with Crippen molar-refractivity contribution in [2.75, 3.05) is 7.05 Å². The van der Waals surface area contributed by atoms with Crippen molar-refractivity contribution in [2.45, 2.75) is 6.04 Å². The fraction of sp³-hybridized carbons (Fsp3) is 0.167. The Morgan fingerprint density at radius 2 is 2.06 bits per heavy atom. The van der Waals surface area contributed by atoms with Crippen molar-refractivity contribution in [1.29, 1.82) is 0 Å². The van der Waals surface area contributed by atoms with Crippen LogP contribution in [0.2, 0.25) is 5.02 Å². The molecule has 1 N–H and O–H groups in total. The highest BCUT2D eigenvalue weighted by atomic mass is 79.9. The summed E-state index contributed by atoms with van der Waals surface area (Å²) >= 11 is 14.4. The molecule has 1 unspecified atom stereocenters. The Morgan fingerprint density at radius 1 is 1.33 bits per heavy atom. The van der Waals surface area contributed by atoms with Crippen LogP contribution in [0.25, 0.3) is 0 Å². The average Bonchev–Trinajstić information content (AvgIpc) is 2.63. The first-order valence-corrected chi connectivity index (χ1v) is 7.88. The van der Waals surface area contributed by atoms with Crippen LogP contribution in [0.3, 0.4) is 0 Å². The van der Waals surface area contributed by atoms with Crippen molar-refractivity contribution in [3.63, 3.8) is 0 Å². The van der Waals surface area contributed by atoms with Crippen molar-refractivity contribution in [3.8, 4) is 0 Å². The summed E-state index contributed by atoms with van der Waals surface area (Å²) < 4.78 is 14.7.